The number of carbonyl (C=O) groups excluding carboxylic acids is 1. The second-order valence-electron chi connectivity index (χ2n) is 6.76. The lowest BCUT2D eigenvalue weighted by molar-refractivity contribution is -0.121. The number of rotatable bonds is 8. The zero-order valence-corrected chi connectivity index (χ0v) is 17.7. The molecule has 0 fully saturated rings. The zero-order valence-electron chi connectivity index (χ0n) is 16.2. The van der Waals surface area contributed by atoms with Gasteiger partial charge in [0.1, 0.15) is 5.52 Å². The summed E-state index contributed by atoms with van der Waals surface area (Å²) < 4.78 is 27.3. The van der Waals surface area contributed by atoms with Gasteiger partial charge in [0.05, 0.1) is 10.4 Å². The third kappa shape index (κ3) is 5.11. The molecule has 0 atom stereocenters. The van der Waals surface area contributed by atoms with E-state index in [9.17, 15) is 13.2 Å². The number of hydrogen-bond donors (Lipinski definition) is 1. The van der Waals surface area contributed by atoms with Crippen LogP contribution in [0.1, 0.15) is 18.4 Å². The van der Waals surface area contributed by atoms with E-state index in [0.717, 1.165) is 15.4 Å². The molecule has 3 rings (SSSR count). The van der Waals surface area contributed by atoms with Crippen LogP contribution < -0.4 is 5.32 Å². The molecule has 1 N–H and O–H groups in total. The largest absolute Gasteiger partial charge is 0.352 e. The van der Waals surface area contributed by atoms with Crippen molar-refractivity contribution in [2.24, 2.45) is 0 Å². The summed E-state index contributed by atoms with van der Waals surface area (Å²) in [5.41, 5.74) is 2.16. The minimum atomic E-state index is -3.52. The number of sulfonamides is 1. The molecule has 0 saturated carbocycles. The van der Waals surface area contributed by atoms with Crippen LogP contribution in [0.4, 0.5) is 0 Å². The predicted molar refractivity (Wildman–Crippen MR) is 111 cm³/mol. The molecule has 0 unspecified atom stereocenters. The Morgan fingerprint density at radius 3 is 2.72 bits per heavy atom. The number of aryl methyl sites for hydroxylation is 1. The quantitative estimate of drug-likeness (QED) is 0.586. The standard InChI is InChI=1S/C19H22ClN5O3S/c1-24(2)29(27,28)16-8-9-18-17(12-16)22-23-25(18)10-4-7-19(26)21-13-14-5-3-6-15(20)11-14/h3,5-6,8-9,11-12H,4,7,10,13H2,1-2H3,(H,21,26). The van der Waals surface area contributed by atoms with Crippen LogP contribution >= 0.6 is 11.6 Å². The molecule has 1 amide bonds. The lowest BCUT2D eigenvalue weighted by atomic mass is 10.2. The van der Waals surface area contributed by atoms with Crippen molar-refractivity contribution in [1.29, 1.82) is 0 Å². The van der Waals surface area contributed by atoms with Crippen molar-refractivity contribution < 1.29 is 13.2 Å². The SMILES string of the molecule is CN(C)S(=O)(=O)c1ccc2c(c1)nnn2CCCC(=O)NCc1cccc(Cl)c1. The summed E-state index contributed by atoms with van der Waals surface area (Å²) in [6.45, 7) is 0.926. The molecule has 0 aliphatic rings. The summed E-state index contributed by atoms with van der Waals surface area (Å²) in [6.07, 6.45) is 0.923. The number of carbonyl (C=O) groups is 1. The molecule has 29 heavy (non-hydrogen) atoms. The van der Waals surface area contributed by atoms with E-state index in [1.54, 1.807) is 16.8 Å². The Bertz CT molecular complexity index is 1130. The fourth-order valence-corrected chi connectivity index (χ4v) is 3.95. The number of nitrogens with one attached hydrogen (secondary N) is 1. The van der Waals surface area contributed by atoms with Crippen molar-refractivity contribution in [3.8, 4) is 0 Å². The van der Waals surface area contributed by atoms with Gasteiger partial charge in [0.25, 0.3) is 0 Å². The Morgan fingerprint density at radius 2 is 2.00 bits per heavy atom. The van der Waals surface area contributed by atoms with E-state index >= 15 is 0 Å². The van der Waals surface area contributed by atoms with Crippen LogP contribution in [-0.4, -0.2) is 47.7 Å². The molecule has 2 aromatic carbocycles. The number of aromatic nitrogens is 3. The molecule has 10 heteroatoms. The lowest BCUT2D eigenvalue weighted by Crippen LogP contribution is -2.22. The highest BCUT2D eigenvalue weighted by molar-refractivity contribution is 7.89. The third-order valence-electron chi connectivity index (χ3n) is 4.42. The normalized spacial score (nSPS) is 11.9. The van der Waals surface area contributed by atoms with Crippen LogP contribution in [0.15, 0.2) is 47.4 Å². The molecule has 1 heterocycles. The van der Waals surface area contributed by atoms with Crippen LogP contribution in [-0.2, 0) is 27.9 Å². The molecule has 0 saturated heterocycles. The van der Waals surface area contributed by atoms with E-state index in [1.165, 1.54) is 26.2 Å². The van der Waals surface area contributed by atoms with Crippen molar-refractivity contribution in [2.45, 2.75) is 30.8 Å². The molecule has 0 bridgehead atoms. The molecule has 3 aromatic rings. The average Bonchev–Trinajstić information content (AvgIpc) is 3.08. The summed E-state index contributed by atoms with van der Waals surface area (Å²) in [7, 11) is -0.564. The van der Waals surface area contributed by atoms with Crippen molar-refractivity contribution in [2.75, 3.05) is 14.1 Å². The van der Waals surface area contributed by atoms with Crippen LogP contribution in [0.5, 0.6) is 0 Å². The monoisotopic (exact) mass is 435 g/mol. The first kappa shape index (κ1) is 21.2. The van der Waals surface area contributed by atoms with Crippen molar-refractivity contribution >= 4 is 38.6 Å². The predicted octanol–water partition coefficient (Wildman–Crippen LogP) is 2.43. The molecular formula is C19H22ClN5O3S. The van der Waals surface area contributed by atoms with Crippen LogP contribution in [0, 0.1) is 0 Å². The smallest absolute Gasteiger partial charge is 0.242 e. The topological polar surface area (TPSA) is 97.2 Å². The van der Waals surface area contributed by atoms with E-state index in [2.05, 4.69) is 15.6 Å². The minimum Gasteiger partial charge on any atom is -0.352 e. The Morgan fingerprint density at radius 1 is 1.21 bits per heavy atom. The summed E-state index contributed by atoms with van der Waals surface area (Å²) in [5.74, 6) is -0.0613. The number of halogens is 1. The molecule has 0 radical (unpaired) electrons. The highest BCUT2D eigenvalue weighted by Gasteiger charge is 2.18. The van der Waals surface area contributed by atoms with Gasteiger partial charge in [-0.15, -0.1) is 5.10 Å². The van der Waals surface area contributed by atoms with Crippen molar-refractivity contribution in [3.05, 3.63) is 53.1 Å². The van der Waals surface area contributed by atoms with Crippen molar-refractivity contribution in [1.82, 2.24) is 24.6 Å². The number of nitrogens with zero attached hydrogens (tertiary/aromatic N) is 4. The lowest BCUT2D eigenvalue weighted by Gasteiger charge is -2.11. The maximum atomic E-state index is 12.2. The van der Waals surface area contributed by atoms with Gasteiger partial charge in [0, 0.05) is 38.6 Å². The number of hydrogen-bond acceptors (Lipinski definition) is 5. The van der Waals surface area contributed by atoms with E-state index in [0.29, 0.717) is 36.5 Å². The van der Waals surface area contributed by atoms with Gasteiger partial charge >= 0.3 is 0 Å². The fourth-order valence-electron chi connectivity index (χ4n) is 2.81. The van der Waals surface area contributed by atoms with E-state index in [4.69, 9.17) is 11.6 Å². The van der Waals surface area contributed by atoms with Gasteiger partial charge in [0.15, 0.2) is 0 Å². The van der Waals surface area contributed by atoms with Gasteiger partial charge in [-0.1, -0.05) is 28.9 Å². The van der Waals surface area contributed by atoms with Gasteiger partial charge < -0.3 is 5.32 Å². The summed E-state index contributed by atoms with van der Waals surface area (Å²) in [4.78, 5) is 12.2. The Labute approximate surface area is 174 Å². The summed E-state index contributed by atoms with van der Waals surface area (Å²) in [6, 6.07) is 12.1. The molecular weight excluding hydrogens is 414 g/mol. The van der Waals surface area contributed by atoms with Gasteiger partial charge in [0.2, 0.25) is 15.9 Å². The van der Waals surface area contributed by atoms with Gasteiger partial charge in [-0.2, -0.15) is 0 Å². The first-order chi connectivity index (χ1) is 13.8. The van der Waals surface area contributed by atoms with Crippen LogP contribution in [0.2, 0.25) is 5.02 Å². The Kier molecular flexibility index (Phi) is 6.51. The Balaban J connectivity index is 1.56. The second kappa shape index (κ2) is 8.89. The van der Waals surface area contributed by atoms with E-state index in [1.807, 2.05) is 18.2 Å². The van der Waals surface area contributed by atoms with Crippen molar-refractivity contribution in [3.63, 3.8) is 0 Å². The minimum absolute atomic E-state index is 0.0613. The maximum Gasteiger partial charge on any atom is 0.242 e. The number of fused-ring (bicyclic) bond motifs is 1. The first-order valence-electron chi connectivity index (χ1n) is 9.04. The second-order valence-corrected chi connectivity index (χ2v) is 9.35. The van der Waals surface area contributed by atoms with Crippen LogP contribution in [0.3, 0.4) is 0 Å². The van der Waals surface area contributed by atoms with E-state index < -0.39 is 10.0 Å². The highest BCUT2D eigenvalue weighted by atomic mass is 35.5. The van der Waals surface area contributed by atoms with Gasteiger partial charge in [-0.3, -0.25) is 4.79 Å². The highest BCUT2D eigenvalue weighted by Crippen LogP contribution is 2.19. The Hall–Kier alpha value is -2.49. The number of benzene rings is 2. The zero-order chi connectivity index (χ0) is 21.0. The molecule has 0 spiro atoms. The fraction of sp³-hybridized carbons (Fsp3) is 0.316. The molecule has 8 nitrogen and oxygen atoms in total. The number of amides is 1. The van der Waals surface area contributed by atoms with Crippen LogP contribution in [0.25, 0.3) is 11.0 Å². The van der Waals surface area contributed by atoms with E-state index in [-0.39, 0.29) is 10.8 Å². The van der Waals surface area contributed by atoms with Gasteiger partial charge in [-0.25, -0.2) is 17.4 Å². The molecule has 0 aliphatic heterocycles. The van der Waals surface area contributed by atoms with Gasteiger partial charge in [-0.05, 0) is 42.3 Å². The third-order valence-corrected chi connectivity index (χ3v) is 6.46. The average molecular weight is 436 g/mol. The first-order valence-corrected chi connectivity index (χ1v) is 10.9. The molecule has 1 aromatic heterocycles. The maximum absolute atomic E-state index is 12.2. The summed E-state index contributed by atoms with van der Waals surface area (Å²) in [5, 5.41) is 11.6. The molecule has 0 aliphatic carbocycles. The summed E-state index contributed by atoms with van der Waals surface area (Å²) >= 11 is 5.93. The molecule has 154 valence electrons.